The number of nitrogens with zero attached hydrogens (tertiary/aromatic N) is 3. The molecule has 0 saturated heterocycles. The summed E-state index contributed by atoms with van der Waals surface area (Å²) < 4.78 is 40.5. The van der Waals surface area contributed by atoms with Gasteiger partial charge in [-0.2, -0.15) is 18.3 Å². The van der Waals surface area contributed by atoms with Crippen molar-refractivity contribution in [2.45, 2.75) is 38.4 Å². The van der Waals surface area contributed by atoms with E-state index >= 15 is 0 Å². The molecule has 2 aromatic rings. The molecule has 122 valence electrons. The van der Waals surface area contributed by atoms with Gasteiger partial charge in [0, 0.05) is 29.3 Å². The van der Waals surface area contributed by atoms with Gasteiger partial charge in [-0.3, -0.25) is 14.5 Å². The highest BCUT2D eigenvalue weighted by Crippen LogP contribution is 2.35. The van der Waals surface area contributed by atoms with E-state index in [0.29, 0.717) is 30.6 Å². The summed E-state index contributed by atoms with van der Waals surface area (Å²) in [4.78, 5) is 15.9. The lowest BCUT2D eigenvalue weighted by Gasteiger charge is -2.14. The average molecular weight is 324 g/mol. The molecule has 0 unspecified atom stereocenters. The number of aromatic nitrogens is 3. The predicted octanol–water partition coefficient (Wildman–Crippen LogP) is 2.81. The first-order valence-corrected chi connectivity index (χ1v) is 7.31. The smallest absolute Gasteiger partial charge is 0.324 e. The first-order chi connectivity index (χ1) is 10.9. The third kappa shape index (κ3) is 3.35. The van der Waals surface area contributed by atoms with Gasteiger partial charge in [0.25, 0.3) is 0 Å². The van der Waals surface area contributed by atoms with Gasteiger partial charge in [0.05, 0.1) is 0 Å². The van der Waals surface area contributed by atoms with Crippen LogP contribution in [0.4, 0.5) is 18.9 Å². The standard InChI is InChI=1S/C15H15F3N4O/c16-15(17,18)14-11-3-1-2-4-12(11)22(21-14)9-13(23)20-10-5-7-19-8-6-10/h5-8H,1-4,9H2,(H,19,20,23). The summed E-state index contributed by atoms with van der Waals surface area (Å²) in [6.07, 6.45) is 0.943. The van der Waals surface area contributed by atoms with Crippen LogP contribution in [0.3, 0.4) is 0 Å². The number of amides is 1. The van der Waals surface area contributed by atoms with E-state index in [-0.39, 0.29) is 12.1 Å². The number of hydrogen-bond acceptors (Lipinski definition) is 3. The van der Waals surface area contributed by atoms with Gasteiger partial charge in [-0.1, -0.05) is 0 Å². The molecule has 8 heteroatoms. The van der Waals surface area contributed by atoms with Crippen molar-refractivity contribution < 1.29 is 18.0 Å². The second kappa shape index (κ2) is 6.02. The largest absolute Gasteiger partial charge is 0.435 e. The van der Waals surface area contributed by atoms with Gasteiger partial charge in [-0.25, -0.2) is 0 Å². The minimum atomic E-state index is -4.49. The van der Waals surface area contributed by atoms with Gasteiger partial charge >= 0.3 is 6.18 Å². The summed E-state index contributed by atoms with van der Waals surface area (Å²) in [6, 6.07) is 3.22. The first kappa shape index (κ1) is 15.5. The van der Waals surface area contributed by atoms with Crippen LogP contribution in [0.2, 0.25) is 0 Å². The minimum absolute atomic E-state index is 0.235. The lowest BCUT2D eigenvalue weighted by molar-refractivity contribution is -0.142. The maximum atomic E-state index is 13.1. The fourth-order valence-electron chi connectivity index (χ4n) is 2.80. The van der Waals surface area contributed by atoms with Gasteiger partial charge in [-0.15, -0.1) is 0 Å². The Labute approximate surface area is 130 Å². The van der Waals surface area contributed by atoms with Crippen molar-refractivity contribution in [1.29, 1.82) is 0 Å². The van der Waals surface area contributed by atoms with Crippen molar-refractivity contribution in [3.05, 3.63) is 41.5 Å². The van der Waals surface area contributed by atoms with Gasteiger partial charge in [0.2, 0.25) is 5.91 Å². The highest BCUT2D eigenvalue weighted by molar-refractivity contribution is 5.90. The number of carbonyl (C=O) groups excluding carboxylic acids is 1. The van der Waals surface area contributed by atoms with E-state index in [0.717, 1.165) is 6.42 Å². The molecule has 0 aromatic carbocycles. The number of hydrogen-bond donors (Lipinski definition) is 1. The van der Waals surface area contributed by atoms with Crippen molar-refractivity contribution in [2.75, 3.05) is 5.32 Å². The lowest BCUT2D eigenvalue weighted by atomic mass is 9.95. The van der Waals surface area contributed by atoms with Crippen LogP contribution in [-0.2, 0) is 30.4 Å². The third-order valence-corrected chi connectivity index (χ3v) is 3.78. The van der Waals surface area contributed by atoms with Crippen LogP contribution >= 0.6 is 0 Å². The Bertz CT molecular complexity index is 710. The molecule has 0 fully saturated rings. The summed E-state index contributed by atoms with van der Waals surface area (Å²) in [5, 5.41) is 6.29. The molecule has 2 heterocycles. The minimum Gasteiger partial charge on any atom is -0.324 e. The summed E-state index contributed by atoms with van der Waals surface area (Å²) in [5.74, 6) is -0.416. The lowest BCUT2D eigenvalue weighted by Crippen LogP contribution is -2.21. The number of rotatable bonds is 3. The molecule has 0 atom stereocenters. The maximum absolute atomic E-state index is 13.1. The van der Waals surface area contributed by atoms with Gasteiger partial charge in [0.1, 0.15) is 6.54 Å². The van der Waals surface area contributed by atoms with E-state index < -0.39 is 17.8 Å². The molecule has 3 rings (SSSR count). The van der Waals surface area contributed by atoms with Crippen LogP contribution in [0.5, 0.6) is 0 Å². The number of halogens is 3. The van der Waals surface area contributed by atoms with E-state index in [1.54, 1.807) is 12.1 Å². The van der Waals surface area contributed by atoms with Crippen LogP contribution in [0, 0.1) is 0 Å². The highest BCUT2D eigenvalue weighted by atomic mass is 19.4. The van der Waals surface area contributed by atoms with E-state index in [2.05, 4.69) is 15.4 Å². The summed E-state index contributed by atoms with van der Waals surface area (Å²) in [6.45, 7) is -0.235. The topological polar surface area (TPSA) is 59.8 Å². The normalized spacial score (nSPS) is 14.4. The van der Waals surface area contributed by atoms with Gasteiger partial charge in [0.15, 0.2) is 5.69 Å². The summed E-state index contributed by atoms with van der Waals surface area (Å²) in [7, 11) is 0. The third-order valence-electron chi connectivity index (χ3n) is 3.78. The Balaban J connectivity index is 1.83. The number of fused-ring (bicyclic) bond motifs is 1. The van der Waals surface area contributed by atoms with Crippen LogP contribution in [-0.4, -0.2) is 20.7 Å². The second-order valence-corrected chi connectivity index (χ2v) is 5.42. The van der Waals surface area contributed by atoms with Crippen LogP contribution in [0.25, 0.3) is 0 Å². The van der Waals surface area contributed by atoms with Crippen molar-refractivity contribution >= 4 is 11.6 Å². The monoisotopic (exact) mass is 324 g/mol. The van der Waals surface area contributed by atoms with Crippen molar-refractivity contribution in [2.24, 2.45) is 0 Å². The predicted molar refractivity (Wildman–Crippen MR) is 76.7 cm³/mol. The van der Waals surface area contributed by atoms with E-state index in [1.807, 2.05) is 0 Å². The zero-order chi connectivity index (χ0) is 16.4. The molecule has 0 aliphatic heterocycles. The van der Waals surface area contributed by atoms with E-state index in [4.69, 9.17) is 0 Å². The summed E-state index contributed by atoms with van der Waals surface area (Å²) in [5.41, 5.74) is 0.444. The molecule has 0 saturated carbocycles. The molecule has 0 radical (unpaired) electrons. The van der Waals surface area contributed by atoms with Crippen molar-refractivity contribution in [3.63, 3.8) is 0 Å². The van der Waals surface area contributed by atoms with Crippen LogP contribution < -0.4 is 5.32 Å². The quantitative estimate of drug-likeness (QED) is 0.944. The van der Waals surface area contributed by atoms with Gasteiger partial charge < -0.3 is 5.32 Å². The number of anilines is 1. The van der Waals surface area contributed by atoms with E-state index in [9.17, 15) is 18.0 Å². The summed E-state index contributed by atoms with van der Waals surface area (Å²) >= 11 is 0. The molecule has 2 aromatic heterocycles. The molecular formula is C15H15F3N4O. The average Bonchev–Trinajstić information content (AvgIpc) is 2.87. The Morgan fingerprint density at radius 3 is 2.61 bits per heavy atom. The zero-order valence-electron chi connectivity index (χ0n) is 12.2. The SMILES string of the molecule is O=C(Cn1nc(C(F)(F)F)c2c1CCCC2)Nc1ccncc1. The van der Waals surface area contributed by atoms with Crippen LogP contribution in [0.1, 0.15) is 29.8 Å². The zero-order valence-corrected chi connectivity index (χ0v) is 12.2. The Morgan fingerprint density at radius 2 is 1.91 bits per heavy atom. The Kier molecular flexibility index (Phi) is 4.06. The molecule has 1 aliphatic carbocycles. The number of alkyl halides is 3. The molecule has 23 heavy (non-hydrogen) atoms. The second-order valence-electron chi connectivity index (χ2n) is 5.42. The Hall–Kier alpha value is -2.38. The van der Waals surface area contributed by atoms with Crippen molar-refractivity contribution in [3.8, 4) is 0 Å². The highest BCUT2D eigenvalue weighted by Gasteiger charge is 2.39. The molecule has 5 nitrogen and oxygen atoms in total. The fraction of sp³-hybridized carbons (Fsp3) is 0.400. The molecule has 0 spiro atoms. The first-order valence-electron chi connectivity index (χ1n) is 7.31. The van der Waals surface area contributed by atoms with Crippen molar-refractivity contribution in [1.82, 2.24) is 14.8 Å². The number of carbonyl (C=O) groups is 1. The number of nitrogens with one attached hydrogen (secondary N) is 1. The van der Waals surface area contributed by atoms with Gasteiger partial charge in [-0.05, 0) is 37.8 Å². The molecule has 0 bridgehead atoms. The fourth-order valence-corrected chi connectivity index (χ4v) is 2.80. The Morgan fingerprint density at radius 1 is 1.22 bits per heavy atom. The number of pyridine rings is 1. The molecular weight excluding hydrogens is 309 g/mol. The molecule has 1 amide bonds. The molecule has 1 N–H and O–H groups in total. The van der Waals surface area contributed by atoms with Crippen LogP contribution in [0.15, 0.2) is 24.5 Å². The maximum Gasteiger partial charge on any atom is 0.435 e. The molecule has 1 aliphatic rings. The van der Waals surface area contributed by atoms with E-state index in [1.165, 1.54) is 17.1 Å².